The molecule has 0 radical (unpaired) electrons. The van der Waals surface area contributed by atoms with Crippen molar-refractivity contribution in [2.45, 2.75) is 39.7 Å². The summed E-state index contributed by atoms with van der Waals surface area (Å²) in [5, 5.41) is 3.38. The number of sulfone groups is 1. The van der Waals surface area contributed by atoms with Crippen molar-refractivity contribution in [1.29, 1.82) is 0 Å². The Labute approximate surface area is 93.6 Å². The molecule has 0 aromatic carbocycles. The third kappa shape index (κ3) is 4.51. The van der Waals surface area contributed by atoms with Gasteiger partial charge < -0.3 is 5.32 Å². The molecule has 2 unspecified atom stereocenters. The van der Waals surface area contributed by atoms with Gasteiger partial charge in [0.1, 0.15) is 0 Å². The predicted molar refractivity (Wildman–Crippen MR) is 63.7 cm³/mol. The van der Waals surface area contributed by atoms with Crippen molar-refractivity contribution in [3.05, 3.63) is 0 Å². The summed E-state index contributed by atoms with van der Waals surface area (Å²) < 4.78 is 22.8. The van der Waals surface area contributed by atoms with Crippen LogP contribution in [-0.4, -0.2) is 32.5 Å². The fourth-order valence-corrected chi connectivity index (χ4v) is 3.44. The Balaban J connectivity index is 2.33. The van der Waals surface area contributed by atoms with Gasteiger partial charge in [-0.3, -0.25) is 0 Å². The molecule has 90 valence electrons. The molecule has 0 aliphatic carbocycles. The highest BCUT2D eigenvalue weighted by atomic mass is 32.2. The molecule has 1 aliphatic rings. The van der Waals surface area contributed by atoms with E-state index in [1.807, 2.05) is 0 Å². The molecule has 0 amide bonds. The van der Waals surface area contributed by atoms with E-state index in [4.69, 9.17) is 0 Å². The summed E-state index contributed by atoms with van der Waals surface area (Å²) in [6.07, 6.45) is 1.82. The van der Waals surface area contributed by atoms with Gasteiger partial charge in [-0.2, -0.15) is 0 Å². The summed E-state index contributed by atoms with van der Waals surface area (Å²) in [5.74, 6) is 1.97. The van der Waals surface area contributed by atoms with Gasteiger partial charge in [-0.15, -0.1) is 0 Å². The Hall–Kier alpha value is -0.0900. The molecule has 0 bridgehead atoms. The lowest BCUT2D eigenvalue weighted by molar-refractivity contribution is 0.363. The monoisotopic (exact) mass is 233 g/mol. The molecule has 0 aromatic heterocycles. The van der Waals surface area contributed by atoms with E-state index in [1.54, 1.807) is 0 Å². The zero-order chi connectivity index (χ0) is 11.5. The highest BCUT2D eigenvalue weighted by Gasteiger charge is 2.24. The number of nitrogens with one attached hydrogen (secondary N) is 1. The summed E-state index contributed by atoms with van der Waals surface area (Å²) in [4.78, 5) is 0. The van der Waals surface area contributed by atoms with Crippen molar-refractivity contribution in [2.75, 3.05) is 18.1 Å². The van der Waals surface area contributed by atoms with E-state index in [1.165, 1.54) is 0 Å². The van der Waals surface area contributed by atoms with Gasteiger partial charge in [0.25, 0.3) is 0 Å². The van der Waals surface area contributed by atoms with Crippen LogP contribution in [0.15, 0.2) is 0 Å². The van der Waals surface area contributed by atoms with Crippen molar-refractivity contribution < 1.29 is 8.42 Å². The summed E-state index contributed by atoms with van der Waals surface area (Å²) in [7, 11) is -2.76. The van der Waals surface area contributed by atoms with Crippen LogP contribution >= 0.6 is 0 Å². The normalized spacial score (nSPS) is 27.9. The van der Waals surface area contributed by atoms with Crippen LogP contribution in [0.2, 0.25) is 0 Å². The molecular weight excluding hydrogens is 210 g/mol. The van der Waals surface area contributed by atoms with E-state index in [0.717, 1.165) is 19.4 Å². The molecule has 1 saturated heterocycles. The van der Waals surface area contributed by atoms with Crippen molar-refractivity contribution in [2.24, 2.45) is 11.8 Å². The maximum absolute atomic E-state index is 11.4. The van der Waals surface area contributed by atoms with Crippen molar-refractivity contribution in [1.82, 2.24) is 5.32 Å². The molecule has 1 N–H and O–H groups in total. The van der Waals surface area contributed by atoms with E-state index in [0.29, 0.717) is 23.3 Å². The smallest absolute Gasteiger partial charge is 0.151 e. The van der Waals surface area contributed by atoms with Gasteiger partial charge in [0.05, 0.1) is 11.5 Å². The number of hydrogen-bond acceptors (Lipinski definition) is 3. The number of rotatable bonds is 4. The van der Waals surface area contributed by atoms with Crippen LogP contribution in [0.5, 0.6) is 0 Å². The highest BCUT2D eigenvalue weighted by molar-refractivity contribution is 7.91. The first kappa shape index (κ1) is 13.0. The lowest BCUT2D eigenvalue weighted by atomic mass is 9.98. The Morgan fingerprint density at radius 3 is 2.53 bits per heavy atom. The zero-order valence-corrected chi connectivity index (χ0v) is 10.8. The third-order valence-electron chi connectivity index (χ3n) is 3.33. The standard InChI is InChI=1S/C11H23NO2S/c1-9(2)10(3)7-12-11-5-4-6-15(13,14)8-11/h9-12H,4-8H2,1-3H3. The summed E-state index contributed by atoms with van der Waals surface area (Å²) in [6.45, 7) is 7.53. The fourth-order valence-electron chi connectivity index (χ4n) is 1.77. The summed E-state index contributed by atoms with van der Waals surface area (Å²) >= 11 is 0. The first-order valence-electron chi connectivity index (χ1n) is 5.84. The lowest BCUT2D eigenvalue weighted by Crippen LogP contribution is -2.42. The fraction of sp³-hybridized carbons (Fsp3) is 1.00. The zero-order valence-electron chi connectivity index (χ0n) is 9.99. The molecule has 15 heavy (non-hydrogen) atoms. The van der Waals surface area contributed by atoms with Crippen LogP contribution in [0.1, 0.15) is 33.6 Å². The molecule has 1 fully saturated rings. The van der Waals surface area contributed by atoms with Crippen molar-refractivity contribution >= 4 is 9.84 Å². The molecule has 0 aromatic rings. The molecule has 0 spiro atoms. The van der Waals surface area contributed by atoms with Gasteiger partial charge in [-0.1, -0.05) is 20.8 Å². The average Bonchev–Trinajstić information content (AvgIpc) is 2.12. The van der Waals surface area contributed by atoms with Gasteiger partial charge in [0.15, 0.2) is 9.84 Å². The van der Waals surface area contributed by atoms with E-state index in [2.05, 4.69) is 26.1 Å². The Bertz CT molecular complexity index is 285. The predicted octanol–water partition coefficient (Wildman–Crippen LogP) is 1.45. The Morgan fingerprint density at radius 1 is 1.33 bits per heavy atom. The van der Waals surface area contributed by atoms with E-state index >= 15 is 0 Å². The van der Waals surface area contributed by atoms with Gasteiger partial charge in [-0.25, -0.2) is 8.42 Å². The van der Waals surface area contributed by atoms with E-state index in [-0.39, 0.29) is 6.04 Å². The molecular formula is C11H23NO2S. The highest BCUT2D eigenvalue weighted by Crippen LogP contribution is 2.14. The first-order chi connectivity index (χ1) is 6.91. The quantitative estimate of drug-likeness (QED) is 0.799. The minimum atomic E-state index is -2.76. The molecule has 4 heteroatoms. The summed E-state index contributed by atoms with van der Waals surface area (Å²) in [6, 6.07) is 0.185. The largest absolute Gasteiger partial charge is 0.313 e. The van der Waals surface area contributed by atoms with Crippen LogP contribution < -0.4 is 5.32 Å². The molecule has 1 rings (SSSR count). The minimum absolute atomic E-state index is 0.185. The van der Waals surface area contributed by atoms with Gasteiger partial charge in [0, 0.05) is 6.04 Å². The SMILES string of the molecule is CC(C)C(C)CNC1CCCS(=O)(=O)C1. The molecule has 1 heterocycles. The van der Waals surface area contributed by atoms with Crippen LogP contribution in [0.25, 0.3) is 0 Å². The maximum atomic E-state index is 11.4. The maximum Gasteiger partial charge on any atom is 0.151 e. The molecule has 1 aliphatic heterocycles. The van der Waals surface area contributed by atoms with Crippen molar-refractivity contribution in [3.8, 4) is 0 Å². The average molecular weight is 233 g/mol. The van der Waals surface area contributed by atoms with Crippen molar-refractivity contribution in [3.63, 3.8) is 0 Å². The topological polar surface area (TPSA) is 46.2 Å². The molecule has 3 nitrogen and oxygen atoms in total. The van der Waals surface area contributed by atoms with Gasteiger partial charge >= 0.3 is 0 Å². The van der Waals surface area contributed by atoms with Gasteiger partial charge in [0.2, 0.25) is 0 Å². The molecule has 0 saturated carbocycles. The van der Waals surface area contributed by atoms with Crippen LogP contribution in [0.3, 0.4) is 0 Å². The van der Waals surface area contributed by atoms with E-state index < -0.39 is 9.84 Å². The third-order valence-corrected chi connectivity index (χ3v) is 5.15. The van der Waals surface area contributed by atoms with Gasteiger partial charge in [-0.05, 0) is 31.2 Å². The second-order valence-corrected chi connectivity index (χ2v) is 7.31. The number of hydrogen-bond donors (Lipinski definition) is 1. The second-order valence-electron chi connectivity index (χ2n) is 5.08. The second kappa shape index (κ2) is 5.30. The van der Waals surface area contributed by atoms with Crippen LogP contribution in [0, 0.1) is 11.8 Å². The van der Waals surface area contributed by atoms with Crippen LogP contribution in [-0.2, 0) is 9.84 Å². The molecule has 2 atom stereocenters. The van der Waals surface area contributed by atoms with Crippen LogP contribution in [0.4, 0.5) is 0 Å². The first-order valence-corrected chi connectivity index (χ1v) is 7.66. The van der Waals surface area contributed by atoms with E-state index in [9.17, 15) is 8.42 Å². The Kier molecular flexibility index (Phi) is 4.59. The minimum Gasteiger partial charge on any atom is -0.313 e. The Morgan fingerprint density at radius 2 is 2.00 bits per heavy atom. The lowest BCUT2D eigenvalue weighted by Gasteiger charge is -2.25. The summed E-state index contributed by atoms with van der Waals surface area (Å²) in [5.41, 5.74) is 0.